The summed E-state index contributed by atoms with van der Waals surface area (Å²) in [6.45, 7) is 0. The van der Waals surface area contributed by atoms with Gasteiger partial charge in [-0.1, -0.05) is 56.6 Å². The Morgan fingerprint density at radius 3 is 2.00 bits per heavy atom. The summed E-state index contributed by atoms with van der Waals surface area (Å²) in [4.78, 5) is 0. The summed E-state index contributed by atoms with van der Waals surface area (Å²) < 4.78 is 0. The van der Waals surface area contributed by atoms with Crippen LogP contribution in [0.3, 0.4) is 0 Å². The van der Waals surface area contributed by atoms with Gasteiger partial charge in [0.25, 0.3) is 0 Å². The molecule has 1 aromatic carbocycles. The normalized spacial score (nSPS) is 10.8. The highest BCUT2D eigenvalue weighted by atomic mass is 32.1. The van der Waals surface area contributed by atoms with Crippen LogP contribution in [0.1, 0.15) is 63.4 Å². The van der Waals surface area contributed by atoms with Gasteiger partial charge in [0.2, 0.25) is 0 Å². The second-order valence-electron chi connectivity index (χ2n) is 5.45. The zero-order valence-electron chi connectivity index (χ0n) is 12.3. The van der Waals surface area contributed by atoms with Gasteiger partial charge in [-0.3, -0.25) is 0 Å². The summed E-state index contributed by atoms with van der Waals surface area (Å²) in [6, 6.07) is 4.51. The number of aryl methyl sites for hydroxylation is 1. The van der Waals surface area contributed by atoms with Crippen molar-refractivity contribution >= 4 is 12.6 Å². The van der Waals surface area contributed by atoms with E-state index < -0.39 is 0 Å². The monoisotopic (exact) mass is 295 g/mol. The predicted molar refractivity (Wildman–Crippen MR) is 86.7 cm³/mol. The molecule has 0 spiro atoms. The molecule has 114 valence electrons. The third kappa shape index (κ3) is 7.68. The number of phenolic OH excluding ortho intramolecular Hbond substituents is 1. The van der Waals surface area contributed by atoms with Gasteiger partial charge in [-0.05, 0) is 37.1 Å². The molecule has 0 unspecified atom stereocenters. The molecule has 0 bridgehead atoms. The second-order valence-corrected chi connectivity index (χ2v) is 5.89. The van der Waals surface area contributed by atoms with Crippen LogP contribution in [0.15, 0.2) is 18.2 Å². The summed E-state index contributed by atoms with van der Waals surface area (Å²) >= 11 is 4.21. The first-order chi connectivity index (χ1) is 9.74. The van der Waals surface area contributed by atoms with E-state index in [-0.39, 0.29) is 11.5 Å². The molecule has 0 aliphatic heterocycles. The molecule has 1 N–H and O–H groups in total. The van der Waals surface area contributed by atoms with E-state index in [0.29, 0.717) is 0 Å². The molecule has 0 aromatic heterocycles. The lowest BCUT2D eigenvalue weighted by Gasteiger charge is -2.13. The Morgan fingerprint density at radius 1 is 0.850 bits per heavy atom. The van der Waals surface area contributed by atoms with Crippen LogP contribution in [0.4, 0.5) is 0 Å². The van der Waals surface area contributed by atoms with Crippen molar-refractivity contribution < 1.29 is 10.2 Å². The van der Waals surface area contributed by atoms with E-state index in [1.54, 1.807) is 6.07 Å². The maximum atomic E-state index is 11.5. The number of phenols is 1. The van der Waals surface area contributed by atoms with E-state index >= 15 is 0 Å². The Labute approximate surface area is 128 Å². The highest BCUT2D eigenvalue weighted by Gasteiger charge is 1.98. The fourth-order valence-electron chi connectivity index (χ4n) is 2.43. The maximum Gasteiger partial charge on any atom is 0.115 e. The zero-order valence-corrected chi connectivity index (χ0v) is 13.2. The number of benzene rings is 1. The van der Waals surface area contributed by atoms with Crippen molar-refractivity contribution in [3.63, 3.8) is 0 Å². The lowest BCUT2D eigenvalue weighted by atomic mass is 10.0. The van der Waals surface area contributed by atoms with E-state index in [2.05, 4.69) is 12.6 Å². The highest BCUT2D eigenvalue weighted by Crippen LogP contribution is 2.22. The van der Waals surface area contributed by atoms with Crippen molar-refractivity contribution in [1.29, 1.82) is 0 Å². The first-order valence-electron chi connectivity index (χ1n) is 7.84. The van der Waals surface area contributed by atoms with Crippen LogP contribution >= 0.6 is 12.6 Å². The maximum absolute atomic E-state index is 11.5. The molecule has 3 heteroatoms. The molecule has 0 fully saturated rings. The molecule has 0 heterocycles. The first-order valence-corrected chi connectivity index (χ1v) is 8.47. The fraction of sp³-hybridized carbons (Fsp3) is 0.647. The van der Waals surface area contributed by atoms with E-state index in [4.69, 9.17) is 0 Å². The fourth-order valence-corrected chi connectivity index (χ4v) is 2.65. The molecule has 0 atom stereocenters. The van der Waals surface area contributed by atoms with Gasteiger partial charge in [0.1, 0.15) is 5.75 Å². The minimum absolute atomic E-state index is 0.0481. The molecular formula is C17H27O2S-. The van der Waals surface area contributed by atoms with Crippen molar-refractivity contribution in [1.82, 2.24) is 0 Å². The Kier molecular flexibility index (Phi) is 9.38. The summed E-state index contributed by atoms with van der Waals surface area (Å²) in [7, 11) is 0. The minimum atomic E-state index is 0.0481. The van der Waals surface area contributed by atoms with Gasteiger partial charge in [-0.25, -0.2) is 0 Å². The van der Waals surface area contributed by atoms with Crippen LogP contribution in [0.5, 0.6) is 11.5 Å². The molecule has 0 radical (unpaired) electrons. The smallest absolute Gasteiger partial charge is 0.115 e. The van der Waals surface area contributed by atoms with Gasteiger partial charge in [-0.15, -0.1) is 5.75 Å². The Bertz CT molecular complexity index is 366. The zero-order chi connectivity index (χ0) is 14.6. The Hall–Kier alpha value is -0.830. The van der Waals surface area contributed by atoms with Crippen LogP contribution in [0.25, 0.3) is 0 Å². The van der Waals surface area contributed by atoms with Gasteiger partial charge < -0.3 is 10.2 Å². The summed E-state index contributed by atoms with van der Waals surface area (Å²) in [6.07, 6.45) is 12.1. The van der Waals surface area contributed by atoms with E-state index in [1.165, 1.54) is 63.5 Å². The first kappa shape index (κ1) is 17.2. The average Bonchev–Trinajstić information content (AvgIpc) is 2.44. The molecule has 0 amide bonds. The van der Waals surface area contributed by atoms with Crippen molar-refractivity contribution in [3.05, 3.63) is 23.8 Å². The van der Waals surface area contributed by atoms with E-state index in [0.717, 1.165) is 24.2 Å². The molecular weight excluding hydrogens is 268 g/mol. The van der Waals surface area contributed by atoms with Gasteiger partial charge in [-0.2, -0.15) is 12.6 Å². The average molecular weight is 295 g/mol. The van der Waals surface area contributed by atoms with Crippen molar-refractivity contribution in [3.8, 4) is 11.5 Å². The van der Waals surface area contributed by atoms with Crippen LogP contribution in [-0.4, -0.2) is 10.9 Å². The van der Waals surface area contributed by atoms with Gasteiger partial charge in [0, 0.05) is 0 Å². The second kappa shape index (κ2) is 10.9. The third-order valence-corrected chi connectivity index (χ3v) is 3.96. The van der Waals surface area contributed by atoms with Crippen LogP contribution in [0.2, 0.25) is 0 Å². The quantitative estimate of drug-likeness (QED) is 0.468. The third-order valence-electron chi connectivity index (χ3n) is 3.65. The number of hydrogen-bond donors (Lipinski definition) is 2. The Balaban J connectivity index is 1.98. The lowest BCUT2D eigenvalue weighted by molar-refractivity contribution is -0.269. The molecule has 2 nitrogen and oxygen atoms in total. The lowest BCUT2D eigenvalue weighted by Crippen LogP contribution is -1.96. The van der Waals surface area contributed by atoms with Crippen molar-refractivity contribution in [2.45, 2.75) is 64.2 Å². The number of hydrogen-bond acceptors (Lipinski definition) is 3. The molecule has 1 rings (SSSR count). The van der Waals surface area contributed by atoms with Crippen molar-refractivity contribution in [2.75, 3.05) is 5.75 Å². The highest BCUT2D eigenvalue weighted by molar-refractivity contribution is 7.80. The SMILES string of the molecule is [O-]c1ccc(O)cc1CCCCCCCCCCCS. The summed E-state index contributed by atoms with van der Waals surface area (Å²) in [5.41, 5.74) is 0.747. The largest absolute Gasteiger partial charge is 0.872 e. The number of aromatic hydroxyl groups is 1. The van der Waals surface area contributed by atoms with Crippen LogP contribution in [0, 0.1) is 0 Å². The Morgan fingerprint density at radius 2 is 1.40 bits per heavy atom. The molecule has 0 saturated heterocycles. The number of thiol groups is 1. The van der Waals surface area contributed by atoms with Crippen LogP contribution < -0.4 is 5.11 Å². The topological polar surface area (TPSA) is 43.3 Å². The molecule has 0 aliphatic carbocycles. The van der Waals surface area contributed by atoms with E-state index in [1.807, 2.05) is 0 Å². The van der Waals surface area contributed by atoms with E-state index in [9.17, 15) is 10.2 Å². The van der Waals surface area contributed by atoms with Crippen molar-refractivity contribution in [2.24, 2.45) is 0 Å². The van der Waals surface area contributed by atoms with Gasteiger partial charge >= 0.3 is 0 Å². The van der Waals surface area contributed by atoms with Gasteiger partial charge in [0.15, 0.2) is 0 Å². The summed E-state index contributed by atoms with van der Waals surface area (Å²) in [5.74, 6) is 1.25. The minimum Gasteiger partial charge on any atom is -0.872 e. The molecule has 0 aliphatic rings. The summed E-state index contributed by atoms with van der Waals surface area (Å²) in [5, 5.41) is 20.9. The molecule has 1 aromatic rings. The van der Waals surface area contributed by atoms with Gasteiger partial charge in [0.05, 0.1) is 0 Å². The number of rotatable bonds is 11. The number of unbranched alkanes of at least 4 members (excludes halogenated alkanes) is 8. The molecule has 0 saturated carbocycles. The standard InChI is InChI=1S/C17H28O2S/c18-16-11-12-17(19)15(14-16)10-8-6-4-2-1-3-5-7-9-13-20/h11-12,14,18-20H,1-10,13H2/p-1. The molecule has 20 heavy (non-hydrogen) atoms. The predicted octanol–water partition coefficient (Wildman–Crippen LogP) is 4.45. The van der Waals surface area contributed by atoms with Crippen LogP contribution in [-0.2, 0) is 6.42 Å².